The first-order chi connectivity index (χ1) is 18.0. The molecule has 0 radical (unpaired) electrons. The van der Waals surface area contributed by atoms with E-state index in [0.29, 0.717) is 18.1 Å². The van der Waals surface area contributed by atoms with Gasteiger partial charge in [0.15, 0.2) is 0 Å². The zero-order valence-electron chi connectivity index (χ0n) is 20.6. The van der Waals surface area contributed by atoms with Crippen molar-refractivity contribution in [3.8, 4) is 22.5 Å². The molecule has 8 heteroatoms. The van der Waals surface area contributed by atoms with Crippen LogP contribution in [-0.2, 0) is 9.59 Å². The summed E-state index contributed by atoms with van der Waals surface area (Å²) in [6.07, 6.45) is 5.05. The number of Topliss-reactive ketones (excluding diaryl/α,β-unsaturated/α-hetero) is 1. The van der Waals surface area contributed by atoms with Crippen molar-refractivity contribution >= 4 is 23.3 Å². The number of ketones is 1. The minimum atomic E-state index is -0.449. The van der Waals surface area contributed by atoms with Gasteiger partial charge in [0.2, 0.25) is 5.91 Å². The zero-order valence-corrected chi connectivity index (χ0v) is 21.4. The summed E-state index contributed by atoms with van der Waals surface area (Å²) >= 11 is 6.11. The summed E-state index contributed by atoms with van der Waals surface area (Å²) in [5.74, 6) is -0.234. The highest BCUT2D eigenvalue weighted by Gasteiger charge is 2.32. The molecule has 1 aliphatic heterocycles. The lowest BCUT2D eigenvalue weighted by Crippen LogP contribution is -2.41. The third kappa shape index (κ3) is 5.47. The van der Waals surface area contributed by atoms with E-state index in [1.54, 1.807) is 13.1 Å². The van der Waals surface area contributed by atoms with E-state index in [2.05, 4.69) is 20.2 Å². The Bertz CT molecular complexity index is 1360. The lowest BCUT2D eigenvalue weighted by molar-refractivity contribution is -0.135. The number of aromatic amines is 1. The van der Waals surface area contributed by atoms with E-state index in [-0.39, 0.29) is 24.0 Å². The number of benzene rings is 2. The number of aromatic nitrogens is 4. The van der Waals surface area contributed by atoms with Crippen LogP contribution in [-0.4, -0.2) is 49.8 Å². The summed E-state index contributed by atoms with van der Waals surface area (Å²) in [6.45, 7) is 2.77. The average Bonchev–Trinajstić information content (AvgIpc) is 3.38. The van der Waals surface area contributed by atoms with Crippen molar-refractivity contribution < 1.29 is 9.59 Å². The number of halogens is 1. The van der Waals surface area contributed by atoms with Crippen molar-refractivity contribution in [3.63, 3.8) is 0 Å². The Morgan fingerprint density at radius 1 is 1.05 bits per heavy atom. The van der Waals surface area contributed by atoms with E-state index in [1.165, 1.54) is 6.33 Å². The highest BCUT2D eigenvalue weighted by Crippen LogP contribution is 2.39. The summed E-state index contributed by atoms with van der Waals surface area (Å²) in [4.78, 5) is 36.0. The summed E-state index contributed by atoms with van der Waals surface area (Å²) in [5, 5.41) is 8.62. The fourth-order valence-electron chi connectivity index (χ4n) is 5.09. The van der Waals surface area contributed by atoms with E-state index in [4.69, 9.17) is 11.6 Å². The number of rotatable bonds is 7. The molecular weight excluding hydrogens is 486 g/mol. The van der Waals surface area contributed by atoms with Gasteiger partial charge in [-0.25, -0.2) is 9.97 Å². The zero-order chi connectivity index (χ0) is 25.8. The third-order valence-corrected chi connectivity index (χ3v) is 7.21. The molecule has 1 saturated heterocycles. The van der Waals surface area contributed by atoms with E-state index in [1.807, 2.05) is 65.6 Å². The normalized spacial score (nSPS) is 14.9. The van der Waals surface area contributed by atoms with Crippen molar-refractivity contribution in [2.24, 2.45) is 0 Å². The maximum Gasteiger partial charge on any atom is 0.230 e. The van der Waals surface area contributed by atoms with Gasteiger partial charge < -0.3 is 4.90 Å². The molecule has 5 rings (SSSR count). The molecule has 1 amide bonds. The van der Waals surface area contributed by atoms with Crippen molar-refractivity contribution in [2.45, 2.75) is 38.0 Å². The third-order valence-electron chi connectivity index (χ3n) is 6.96. The van der Waals surface area contributed by atoms with Crippen LogP contribution in [0.15, 0.2) is 73.2 Å². The second-order valence-electron chi connectivity index (χ2n) is 9.43. The van der Waals surface area contributed by atoms with Crippen LogP contribution in [0.3, 0.4) is 0 Å². The molecule has 2 aromatic heterocycles. The maximum absolute atomic E-state index is 13.5. The molecule has 0 unspecified atom stereocenters. The molecule has 1 fully saturated rings. The minimum Gasteiger partial charge on any atom is -0.342 e. The van der Waals surface area contributed by atoms with Crippen LogP contribution in [0.2, 0.25) is 5.02 Å². The molecule has 37 heavy (non-hydrogen) atoms. The topological polar surface area (TPSA) is 91.8 Å². The molecule has 188 valence electrons. The average molecular weight is 514 g/mol. The van der Waals surface area contributed by atoms with Gasteiger partial charge in [-0.1, -0.05) is 54.1 Å². The predicted molar refractivity (Wildman–Crippen MR) is 143 cm³/mol. The summed E-state index contributed by atoms with van der Waals surface area (Å²) in [6, 6.07) is 19.1. The lowest BCUT2D eigenvalue weighted by atomic mass is 9.87. The maximum atomic E-state index is 13.5. The first kappa shape index (κ1) is 24.8. The molecule has 3 heterocycles. The van der Waals surface area contributed by atoms with Gasteiger partial charge in [0.05, 0.1) is 11.6 Å². The standard InChI is InChI=1S/C29H28ClN5O2/c1-19(36)17-24(20-5-3-2-4-6-20)29(37)35-15-12-22(13-16-35)28-26(25-11-14-31-18-32-25)27(33-34-28)21-7-9-23(30)10-8-21/h2-11,14,18,22,24H,12-13,15-17H2,1H3,(H,33,34)/t24-/m1/s1. The van der Waals surface area contributed by atoms with Crippen LogP contribution in [0.25, 0.3) is 22.5 Å². The summed E-state index contributed by atoms with van der Waals surface area (Å²) in [5.41, 5.74) is 5.41. The van der Waals surface area contributed by atoms with Crippen LogP contribution in [0.5, 0.6) is 0 Å². The van der Waals surface area contributed by atoms with Gasteiger partial charge in [-0.2, -0.15) is 5.10 Å². The molecule has 1 atom stereocenters. The summed E-state index contributed by atoms with van der Waals surface area (Å²) < 4.78 is 0. The fraction of sp³-hybridized carbons (Fsp3) is 0.276. The van der Waals surface area contributed by atoms with Crippen molar-refractivity contribution in [2.75, 3.05) is 13.1 Å². The largest absolute Gasteiger partial charge is 0.342 e. The van der Waals surface area contributed by atoms with Gasteiger partial charge in [0, 0.05) is 53.5 Å². The molecule has 0 aliphatic carbocycles. The molecule has 0 spiro atoms. The number of nitrogens with one attached hydrogen (secondary N) is 1. The van der Waals surface area contributed by atoms with E-state index < -0.39 is 5.92 Å². The van der Waals surface area contributed by atoms with Gasteiger partial charge >= 0.3 is 0 Å². The number of hydrogen-bond donors (Lipinski definition) is 1. The monoisotopic (exact) mass is 513 g/mol. The Kier molecular flexibility index (Phi) is 7.42. The van der Waals surface area contributed by atoms with Gasteiger partial charge in [0.1, 0.15) is 17.8 Å². The number of piperidine rings is 1. The Morgan fingerprint density at radius 3 is 2.43 bits per heavy atom. The number of carbonyl (C=O) groups excluding carboxylic acids is 2. The first-order valence-electron chi connectivity index (χ1n) is 12.4. The minimum absolute atomic E-state index is 0.0128. The molecule has 1 aliphatic rings. The van der Waals surface area contributed by atoms with Crippen molar-refractivity contribution in [3.05, 3.63) is 89.5 Å². The number of nitrogens with zero attached hydrogens (tertiary/aromatic N) is 4. The van der Waals surface area contributed by atoms with Crippen LogP contribution in [0.1, 0.15) is 49.3 Å². The van der Waals surface area contributed by atoms with Gasteiger partial charge in [0.25, 0.3) is 0 Å². The number of amides is 1. The Labute approximate surface area is 220 Å². The molecule has 4 aromatic rings. The van der Waals surface area contributed by atoms with Gasteiger partial charge in [-0.05, 0) is 43.5 Å². The highest BCUT2D eigenvalue weighted by atomic mass is 35.5. The summed E-state index contributed by atoms with van der Waals surface area (Å²) in [7, 11) is 0. The second kappa shape index (κ2) is 11.0. The number of hydrogen-bond acceptors (Lipinski definition) is 5. The van der Waals surface area contributed by atoms with Crippen LogP contribution in [0, 0.1) is 0 Å². The quantitative estimate of drug-likeness (QED) is 0.344. The predicted octanol–water partition coefficient (Wildman–Crippen LogP) is 5.66. The van der Waals surface area contributed by atoms with Crippen molar-refractivity contribution in [1.82, 2.24) is 25.1 Å². The van der Waals surface area contributed by atoms with E-state index in [0.717, 1.165) is 46.6 Å². The molecule has 1 N–H and O–H groups in total. The van der Waals surface area contributed by atoms with Crippen LogP contribution >= 0.6 is 11.6 Å². The molecule has 7 nitrogen and oxygen atoms in total. The van der Waals surface area contributed by atoms with E-state index >= 15 is 0 Å². The Hall–Kier alpha value is -3.84. The Morgan fingerprint density at radius 2 is 1.78 bits per heavy atom. The molecule has 2 aromatic carbocycles. The molecular formula is C29H28ClN5O2. The molecule has 0 saturated carbocycles. The van der Waals surface area contributed by atoms with Crippen LogP contribution in [0.4, 0.5) is 0 Å². The van der Waals surface area contributed by atoms with Crippen LogP contribution < -0.4 is 0 Å². The van der Waals surface area contributed by atoms with E-state index in [9.17, 15) is 9.59 Å². The first-order valence-corrected chi connectivity index (χ1v) is 12.8. The highest BCUT2D eigenvalue weighted by molar-refractivity contribution is 6.30. The van der Waals surface area contributed by atoms with Gasteiger partial charge in [-0.3, -0.25) is 14.7 Å². The number of H-pyrrole nitrogens is 1. The van der Waals surface area contributed by atoms with Gasteiger partial charge in [-0.15, -0.1) is 0 Å². The number of likely N-dealkylation sites (tertiary alicyclic amines) is 1. The molecule has 0 bridgehead atoms. The SMILES string of the molecule is CC(=O)C[C@@H](C(=O)N1CCC(c2[nH]nc(-c3ccc(Cl)cc3)c2-c2ccncn2)CC1)c1ccccc1. The Balaban J connectivity index is 1.39. The second-order valence-corrected chi connectivity index (χ2v) is 9.87. The van der Waals surface area contributed by atoms with Crippen molar-refractivity contribution in [1.29, 1.82) is 0 Å². The fourth-order valence-corrected chi connectivity index (χ4v) is 5.22. The lowest BCUT2D eigenvalue weighted by Gasteiger charge is -2.34. The smallest absolute Gasteiger partial charge is 0.230 e. The number of carbonyl (C=O) groups is 2.